The highest BCUT2D eigenvalue weighted by atomic mass is 35.5. The summed E-state index contributed by atoms with van der Waals surface area (Å²) in [5.74, 6) is 1.35. The van der Waals surface area contributed by atoms with E-state index in [1.807, 2.05) is 19.2 Å². The molecule has 46 heavy (non-hydrogen) atoms. The fraction of sp³-hybridized carbons (Fsp3) is 0.441. The maximum Gasteiger partial charge on any atom is 0.318 e. The molecule has 240 valence electrons. The van der Waals surface area contributed by atoms with Crippen LogP contribution in [0.1, 0.15) is 48.7 Å². The highest BCUT2D eigenvalue weighted by Crippen LogP contribution is 2.40. The Kier molecular flexibility index (Phi) is 8.52. The molecule has 0 spiro atoms. The molecule has 2 saturated heterocycles. The summed E-state index contributed by atoms with van der Waals surface area (Å²) in [5, 5.41) is 13.5. The van der Waals surface area contributed by atoms with E-state index >= 15 is 0 Å². The van der Waals surface area contributed by atoms with Gasteiger partial charge in [0.25, 0.3) is 0 Å². The van der Waals surface area contributed by atoms with E-state index in [-0.39, 0.29) is 11.4 Å². The van der Waals surface area contributed by atoms with Crippen molar-refractivity contribution in [2.45, 2.75) is 51.1 Å². The van der Waals surface area contributed by atoms with Gasteiger partial charge in [0.1, 0.15) is 12.4 Å². The van der Waals surface area contributed by atoms with Gasteiger partial charge in [0.05, 0.1) is 22.8 Å². The zero-order chi connectivity index (χ0) is 31.7. The van der Waals surface area contributed by atoms with Crippen molar-refractivity contribution in [3.8, 4) is 6.01 Å². The third-order valence-corrected chi connectivity index (χ3v) is 9.82. The van der Waals surface area contributed by atoms with Gasteiger partial charge >= 0.3 is 6.01 Å². The predicted molar refractivity (Wildman–Crippen MR) is 178 cm³/mol. The van der Waals surface area contributed by atoms with Gasteiger partial charge in [-0.25, -0.2) is 0 Å². The number of amides is 1. The van der Waals surface area contributed by atoms with E-state index in [1.54, 1.807) is 6.92 Å². The van der Waals surface area contributed by atoms with Gasteiger partial charge in [-0.15, -0.1) is 10.2 Å². The predicted octanol–water partition coefficient (Wildman–Crippen LogP) is 4.81. The summed E-state index contributed by atoms with van der Waals surface area (Å²) in [4.78, 5) is 29.5. The van der Waals surface area contributed by atoms with Crippen LogP contribution in [0.3, 0.4) is 0 Å². The lowest BCUT2D eigenvalue weighted by Gasteiger charge is -2.34. The Balaban J connectivity index is 1.11. The molecule has 12 heteroatoms. The molecule has 0 atom stereocenters. The Morgan fingerprint density at radius 3 is 2.72 bits per heavy atom. The average molecular weight is 643 g/mol. The van der Waals surface area contributed by atoms with Crippen molar-refractivity contribution >= 4 is 45.9 Å². The van der Waals surface area contributed by atoms with Crippen LogP contribution in [0.4, 0.5) is 11.5 Å². The first-order valence-corrected chi connectivity index (χ1v) is 16.4. The third-order valence-electron chi connectivity index (χ3n) is 9.50. The second-order valence-electron chi connectivity index (χ2n) is 12.5. The van der Waals surface area contributed by atoms with Crippen LogP contribution in [0.5, 0.6) is 6.01 Å². The molecule has 7 rings (SSSR count). The number of nitrogens with one attached hydrogen (secondary N) is 1. The molecular formula is C34H39ClN8O3. The molecule has 0 saturated carbocycles. The standard InChI is InChI=1S/C34H39ClN8O3/c1-23-39-40-30(46-23)12-11-29(44)36-16-20-41(2)32-25-13-19-42(28-10-4-8-24-7-3-9-26(35)31(24)28)21-27(25)37-33(38-32)45-22-34-14-5-17-43(34)18-6-15-34/h3-4,7-12H,5-6,13-22H2,1-2H3,(H,36,44)/b12-11+. The molecule has 3 aliphatic heterocycles. The van der Waals surface area contributed by atoms with Crippen molar-refractivity contribution in [1.29, 1.82) is 0 Å². The number of ether oxygens (including phenoxy) is 1. The number of likely N-dealkylation sites (N-methyl/N-ethyl adjacent to an activating group) is 1. The van der Waals surface area contributed by atoms with Gasteiger partial charge in [0, 0.05) is 62.4 Å². The summed E-state index contributed by atoms with van der Waals surface area (Å²) in [7, 11) is 2.00. The van der Waals surface area contributed by atoms with Crippen molar-refractivity contribution in [3.63, 3.8) is 0 Å². The maximum atomic E-state index is 12.4. The SMILES string of the molecule is Cc1nnc(/C=C/C(=O)NCCN(C)c2nc(OCC34CCCN3CCC4)nc3c2CCN(c2cccc4cccc(Cl)c24)C3)o1. The van der Waals surface area contributed by atoms with Crippen molar-refractivity contribution < 1.29 is 13.9 Å². The van der Waals surface area contributed by atoms with Gasteiger partial charge in [-0.2, -0.15) is 9.97 Å². The van der Waals surface area contributed by atoms with Crippen LogP contribution in [0.15, 0.2) is 46.9 Å². The van der Waals surface area contributed by atoms with Gasteiger partial charge in [-0.1, -0.05) is 35.9 Å². The van der Waals surface area contributed by atoms with E-state index in [0.717, 1.165) is 77.5 Å². The number of aryl methyl sites for hydroxylation is 1. The molecule has 2 aromatic heterocycles. The zero-order valence-corrected chi connectivity index (χ0v) is 27.1. The minimum Gasteiger partial charge on any atom is -0.461 e. The van der Waals surface area contributed by atoms with Crippen LogP contribution < -0.4 is 19.9 Å². The monoisotopic (exact) mass is 642 g/mol. The van der Waals surface area contributed by atoms with Crippen LogP contribution in [-0.2, 0) is 17.8 Å². The first-order valence-electron chi connectivity index (χ1n) is 16.1. The van der Waals surface area contributed by atoms with Gasteiger partial charge in [0.15, 0.2) is 0 Å². The molecule has 2 fully saturated rings. The molecule has 1 amide bonds. The largest absolute Gasteiger partial charge is 0.461 e. The number of aromatic nitrogens is 4. The quantitative estimate of drug-likeness (QED) is 0.242. The number of carbonyl (C=O) groups is 1. The van der Waals surface area contributed by atoms with Crippen molar-refractivity contribution in [2.75, 3.05) is 56.2 Å². The van der Waals surface area contributed by atoms with E-state index in [9.17, 15) is 4.79 Å². The molecule has 2 aromatic carbocycles. The summed E-state index contributed by atoms with van der Waals surface area (Å²) in [5.41, 5.74) is 3.25. The summed E-state index contributed by atoms with van der Waals surface area (Å²) >= 11 is 6.72. The zero-order valence-electron chi connectivity index (χ0n) is 26.3. The Labute approximate surface area is 273 Å². The Morgan fingerprint density at radius 2 is 1.93 bits per heavy atom. The van der Waals surface area contributed by atoms with E-state index < -0.39 is 0 Å². The number of carbonyl (C=O) groups excluding carboxylic acids is 1. The fourth-order valence-electron chi connectivity index (χ4n) is 7.21. The summed E-state index contributed by atoms with van der Waals surface area (Å²) in [6.07, 6.45) is 8.40. The van der Waals surface area contributed by atoms with Gasteiger partial charge in [-0.05, 0) is 62.7 Å². The lowest BCUT2D eigenvalue weighted by Crippen LogP contribution is -2.43. The number of hydrogen-bond donors (Lipinski definition) is 1. The molecule has 3 aliphatic rings. The van der Waals surface area contributed by atoms with Crippen LogP contribution in [0.25, 0.3) is 16.8 Å². The van der Waals surface area contributed by atoms with Crippen molar-refractivity contribution in [3.05, 3.63) is 70.5 Å². The fourth-order valence-corrected chi connectivity index (χ4v) is 7.49. The summed E-state index contributed by atoms with van der Waals surface area (Å²) in [6, 6.07) is 12.8. The second kappa shape index (κ2) is 12.9. The summed E-state index contributed by atoms with van der Waals surface area (Å²) in [6.45, 7) is 6.99. The number of hydrogen-bond acceptors (Lipinski definition) is 10. The molecule has 5 heterocycles. The number of halogens is 1. The van der Waals surface area contributed by atoms with E-state index in [2.05, 4.69) is 54.5 Å². The van der Waals surface area contributed by atoms with Crippen LogP contribution >= 0.6 is 11.6 Å². The minimum absolute atomic E-state index is 0.0921. The molecule has 1 N–H and O–H groups in total. The first kappa shape index (κ1) is 30.4. The lowest BCUT2D eigenvalue weighted by atomic mass is 9.95. The number of rotatable bonds is 10. The summed E-state index contributed by atoms with van der Waals surface area (Å²) < 4.78 is 11.8. The van der Waals surface area contributed by atoms with Gasteiger partial charge in [0.2, 0.25) is 17.7 Å². The molecule has 0 aliphatic carbocycles. The van der Waals surface area contributed by atoms with Gasteiger partial charge in [-0.3, -0.25) is 9.69 Å². The highest BCUT2D eigenvalue weighted by molar-refractivity contribution is 6.36. The number of benzene rings is 2. The van der Waals surface area contributed by atoms with E-state index in [0.29, 0.717) is 44.0 Å². The minimum atomic E-state index is -0.237. The van der Waals surface area contributed by atoms with Crippen LogP contribution in [0.2, 0.25) is 5.02 Å². The molecule has 0 bridgehead atoms. The Hall–Kier alpha value is -4.22. The first-order chi connectivity index (χ1) is 22.4. The van der Waals surface area contributed by atoms with Crippen LogP contribution in [-0.4, -0.2) is 82.9 Å². The highest BCUT2D eigenvalue weighted by Gasteiger charge is 2.45. The van der Waals surface area contributed by atoms with E-state index in [4.69, 9.17) is 30.7 Å². The Bertz CT molecular complexity index is 1760. The third kappa shape index (κ3) is 6.13. The lowest BCUT2D eigenvalue weighted by molar-refractivity contribution is -0.116. The number of anilines is 2. The average Bonchev–Trinajstić information content (AvgIpc) is 3.78. The smallest absolute Gasteiger partial charge is 0.318 e. The maximum absolute atomic E-state index is 12.4. The van der Waals surface area contributed by atoms with Crippen molar-refractivity contribution in [2.24, 2.45) is 0 Å². The Morgan fingerprint density at radius 1 is 1.13 bits per heavy atom. The molecule has 0 radical (unpaired) electrons. The molecule has 0 unspecified atom stereocenters. The molecule has 4 aromatic rings. The second-order valence-corrected chi connectivity index (χ2v) is 12.9. The van der Waals surface area contributed by atoms with E-state index in [1.165, 1.54) is 25.0 Å². The number of fused-ring (bicyclic) bond motifs is 3. The van der Waals surface area contributed by atoms with Crippen molar-refractivity contribution in [1.82, 2.24) is 30.4 Å². The topological polar surface area (TPSA) is 113 Å². The van der Waals surface area contributed by atoms with Gasteiger partial charge < -0.3 is 24.3 Å². The normalized spacial score (nSPS) is 17.4. The molecular weight excluding hydrogens is 604 g/mol. The van der Waals surface area contributed by atoms with Crippen LogP contribution in [0, 0.1) is 6.92 Å². The molecule has 11 nitrogen and oxygen atoms in total. The number of nitrogens with zero attached hydrogens (tertiary/aromatic N) is 7.